The fourth-order valence-corrected chi connectivity index (χ4v) is 2.68. The van der Waals surface area contributed by atoms with Crippen molar-refractivity contribution in [1.29, 1.82) is 0 Å². The maximum Gasteiger partial charge on any atom is 0.100 e. The molecule has 1 aliphatic carbocycles. The van der Waals surface area contributed by atoms with Gasteiger partial charge in [-0.25, -0.2) is 0 Å². The number of allylic oxidation sites excluding steroid dienone is 2. The summed E-state index contributed by atoms with van der Waals surface area (Å²) in [6, 6.07) is 2.06. The minimum atomic E-state index is 0.205. The zero-order valence-corrected chi connectivity index (χ0v) is 8.72. The maximum atomic E-state index is 6.00. The largest absolute Gasteiger partial charge is 0.131 e. The van der Waals surface area contributed by atoms with Crippen molar-refractivity contribution in [2.24, 2.45) is 0 Å². The van der Waals surface area contributed by atoms with E-state index in [2.05, 4.69) is 12.1 Å². The Bertz CT molecular complexity index is 314. The third-order valence-electron chi connectivity index (χ3n) is 2.04. The first-order chi connectivity index (χ1) is 5.77. The van der Waals surface area contributed by atoms with Crippen molar-refractivity contribution in [1.82, 2.24) is 0 Å². The Kier molecular flexibility index (Phi) is 2.44. The van der Waals surface area contributed by atoms with Gasteiger partial charge in [-0.15, -0.1) is 22.9 Å². The molecular formula is C9H8Cl2S. The molecule has 0 nitrogen and oxygen atoms in total. The molecule has 3 heteroatoms. The Balaban J connectivity index is 2.32. The summed E-state index contributed by atoms with van der Waals surface area (Å²) in [6.45, 7) is 0. The van der Waals surface area contributed by atoms with E-state index in [0.29, 0.717) is 0 Å². The number of alkyl halides is 1. The summed E-state index contributed by atoms with van der Waals surface area (Å²) >= 11 is 13.5. The van der Waals surface area contributed by atoms with Crippen molar-refractivity contribution in [2.75, 3.05) is 0 Å². The van der Waals surface area contributed by atoms with Crippen LogP contribution in [0.25, 0.3) is 5.57 Å². The predicted octanol–water partition coefficient (Wildman–Crippen LogP) is 4.19. The van der Waals surface area contributed by atoms with Gasteiger partial charge in [-0.3, -0.25) is 0 Å². The first-order valence-electron chi connectivity index (χ1n) is 3.85. The Morgan fingerprint density at radius 1 is 1.50 bits per heavy atom. The quantitative estimate of drug-likeness (QED) is 0.621. The number of hydrogen-bond acceptors (Lipinski definition) is 1. The molecule has 1 atom stereocenters. The number of rotatable bonds is 1. The average Bonchev–Trinajstić information content (AvgIpc) is 2.58. The third-order valence-corrected chi connectivity index (χ3v) is 3.55. The molecule has 0 amide bonds. The van der Waals surface area contributed by atoms with Crippen LogP contribution in [0.1, 0.15) is 18.4 Å². The van der Waals surface area contributed by atoms with E-state index < -0.39 is 0 Å². The lowest BCUT2D eigenvalue weighted by molar-refractivity contribution is 0.942. The van der Waals surface area contributed by atoms with E-state index in [0.717, 1.165) is 17.2 Å². The van der Waals surface area contributed by atoms with Crippen molar-refractivity contribution in [3.05, 3.63) is 27.4 Å². The van der Waals surface area contributed by atoms with Crippen LogP contribution in [-0.2, 0) is 0 Å². The van der Waals surface area contributed by atoms with Crippen LogP contribution in [-0.4, -0.2) is 5.38 Å². The maximum absolute atomic E-state index is 6.00. The highest BCUT2D eigenvalue weighted by atomic mass is 35.5. The number of halogens is 2. The third kappa shape index (κ3) is 1.54. The fraction of sp³-hybridized carbons (Fsp3) is 0.333. The molecule has 1 aromatic heterocycles. The van der Waals surface area contributed by atoms with Gasteiger partial charge in [-0.05, 0) is 29.9 Å². The molecule has 0 N–H and O–H groups in total. The molecule has 1 aliphatic rings. The molecule has 64 valence electrons. The van der Waals surface area contributed by atoms with Crippen LogP contribution in [0.5, 0.6) is 0 Å². The van der Waals surface area contributed by atoms with Crippen LogP contribution in [0.3, 0.4) is 0 Å². The van der Waals surface area contributed by atoms with Crippen molar-refractivity contribution in [3.8, 4) is 0 Å². The van der Waals surface area contributed by atoms with Crippen LogP contribution in [0, 0.1) is 0 Å². The smallest absolute Gasteiger partial charge is 0.100 e. The van der Waals surface area contributed by atoms with E-state index in [1.807, 2.05) is 5.38 Å². The van der Waals surface area contributed by atoms with Gasteiger partial charge in [0.05, 0.1) is 5.38 Å². The van der Waals surface area contributed by atoms with E-state index in [4.69, 9.17) is 23.2 Å². The zero-order valence-electron chi connectivity index (χ0n) is 6.39. The van der Waals surface area contributed by atoms with Crippen molar-refractivity contribution >= 4 is 40.1 Å². The fourth-order valence-electron chi connectivity index (χ4n) is 1.43. The van der Waals surface area contributed by atoms with Crippen LogP contribution < -0.4 is 0 Å². The van der Waals surface area contributed by atoms with Crippen LogP contribution in [0.4, 0.5) is 0 Å². The van der Waals surface area contributed by atoms with E-state index >= 15 is 0 Å². The van der Waals surface area contributed by atoms with Crippen LogP contribution >= 0.6 is 34.5 Å². The molecule has 1 heterocycles. The lowest BCUT2D eigenvalue weighted by Crippen LogP contribution is -1.81. The summed E-state index contributed by atoms with van der Waals surface area (Å²) in [5, 5.41) is 2.22. The van der Waals surface area contributed by atoms with Crippen molar-refractivity contribution in [3.63, 3.8) is 0 Å². The molecule has 0 aromatic carbocycles. The summed E-state index contributed by atoms with van der Waals surface area (Å²) in [7, 11) is 0. The van der Waals surface area contributed by atoms with E-state index in [1.54, 1.807) is 11.3 Å². The average molecular weight is 219 g/mol. The van der Waals surface area contributed by atoms with E-state index in [-0.39, 0.29) is 5.38 Å². The standard InChI is InChI=1S/C9H8Cl2S/c10-7-2-1-6(5-7)8-3-4-12-9(8)11/h3-5,7H,1-2H2. The minimum Gasteiger partial charge on any atom is -0.131 e. The molecule has 0 fully saturated rings. The summed E-state index contributed by atoms with van der Waals surface area (Å²) in [5.41, 5.74) is 2.48. The minimum absolute atomic E-state index is 0.205. The zero-order chi connectivity index (χ0) is 8.55. The second-order valence-electron chi connectivity index (χ2n) is 2.85. The van der Waals surface area contributed by atoms with Gasteiger partial charge in [0, 0.05) is 5.56 Å². The molecule has 0 spiro atoms. The lowest BCUT2D eigenvalue weighted by Gasteiger charge is -1.96. The van der Waals surface area contributed by atoms with Gasteiger partial charge in [-0.1, -0.05) is 17.7 Å². The molecule has 0 aliphatic heterocycles. The highest BCUT2D eigenvalue weighted by Gasteiger charge is 2.16. The van der Waals surface area contributed by atoms with Gasteiger partial charge in [-0.2, -0.15) is 0 Å². The van der Waals surface area contributed by atoms with Crippen molar-refractivity contribution in [2.45, 2.75) is 18.2 Å². The van der Waals surface area contributed by atoms with Crippen LogP contribution in [0.15, 0.2) is 17.5 Å². The first-order valence-corrected chi connectivity index (χ1v) is 5.55. The van der Waals surface area contributed by atoms with E-state index in [1.165, 1.54) is 11.1 Å². The summed E-state index contributed by atoms with van der Waals surface area (Å²) < 4.78 is 0.881. The Labute approximate surface area is 85.8 Å². The van der Waals surface area contributed by atoms with Gasteiger partial charge in [0.15, 0.2) is 0 Å². The molecule has 0 saturated heterocycles. The van der Waals surface area contributed by atoms with Gasteiger partial charge < -0.3 is 0 Å². The van der Waals surface area contributed by atoms with Gasteiger partial charge in [0.25, 0.3) is 0 Å². The monoisotopic (exact) mass is 218 g/mol. The van der Waals surface area contributed by atoms with E-state index in [9.17, 15) is 0 Å². The highest BCUT2D eigenvalue weighted by Crippen LogP contribution is 2.36. The van der Waals surface area contributed by atoms with Gasteiger partial charge >= 0.3 is 0 Å². The molecule has 1 unspecified atom stereocenters. The molecule has 0 bridgehead atoms. The Morgan fingerprint density at radius 3 is 2.83 bits per heavy atom. The van der Waals surface area contributed by atoms with Crippen LogP contribution in [0.2, 0.25) is 4.34 Å². The second-order valence-corrected chi connectivity index (χ2v) is 4.93. The second kappa shape index (κ2) is 3.41. The normalized spacial score (nSPS) is 22.8. The van der Waals surface area contributed by atoms with Gasteiger partial charge in [0.1, 0.15) is 4.34 Å². The molecule has 1 aromatic rings. The lowest BCUT2D eigenvalue weighted by atomic mass is 10.1. The molecular weight excluding hydrogens is 211 g/mol. The summed E-state index contributed by atoms with van der Waals surface area (Å²) in [4.78, 5) is 0. The molecule has 0 radical (unpaired) electrons. The Hall–Kier alpha value is 0.0200. The summed E-state index contributed by atoms with van der Waals surface area (Å²) in [5.74, 6) is 0. The SMILES string of the molecule is Clc1sccc1C1=CC(Cl)CC1. The number of hydrogen-bond donors (Lipinski definition) is 0. The first kappa shape index (κ1) is 8.61. The van der Waals surface area contributed by atoms with Gasteiger partial charge in [0.2, 0.25) is 0 Å². The van der Waals surface area contributed by atoms with Crippen molar-refractivity contribution < 1.29 is 0 Å². The number of thiophene rings is 1. The highest BCUT2D eigenvalue weighted by molar-refractivity contribution is 7.14. The molecule has 0 saturated carbocycles. The topological polar surface area (TPSA) is 0 Å². The Morgan fingerprint density at radius 2 is 2.33 bits per heavy atom. The molecule has 2 rings (SSSR count). The predicted molar refractivity (Wildman–Crippen MR) is 56.2 cm³/mol. The molecule has 12 heavy (non-hydrogen) atoms. The summed E-state index contributed by atoms with van der Waals surface area (Å²) in [6.07, 6.45) is 4.21.